The van der Waals surface area contributed by atoms with Crippen LogP contribution in [0.4, 0.5) is 8.78 Å². The van der Waals surface area contributed by atoms with Crippen molar-refractivity contribution in [2.45, 2.75) is 6.42 Å². The van der Waals surface area contributed by atoms with Crippen molar-refractivity contribution in [3.05, 3.63) is 35.7 Å². The molecule has 0 aliphatic heterocycles. The van der Waals surface area contributed by atoms with Gasteiger partial charge >= 0.3 is 0 Å². The zero-order valence-corrected chi connectivity index (χ0v) is 9.32. The molecular weight excluding hydrogens is 226 g/mol. The first-order valence-corrected chi connectivity index (χ1v) is 5.17. The van der Waals surface area contributed by atoms with Gasteiger partial charge in [0.25, 0.3) is 0 Å². The number of hydrogen-bond acceptors (Lipinski definition) is 3. The number of rotatable bonds is 3. The Kier molecular flexibility index (Phi) is 3.14. The molecule has 1 heterocycles. The van der Waals surface area contributed by atoms with Gasteiger partial charge in [-0.05, 0) is 24.7 Å². The molecule has 17 heavy (non-hydrogen) atoms. The van der Waals surface area contributed by atoms with Crippen LogP contribution in [0, 0.1) is 11.6 Å². The van der Waals surface area contributed by atoms with Crippen molar-refractivity contribution >= 4 is 0 Å². The van der Waals surface area contributed by atoms with E-state index >= 15 is 0 Å². The molecule has 0 amide bonds. The molecule has 0 atom stereocenters. The van der Waals surface area contributed by atoms with Crippen molar-refractivity contribution < 1.29 is 8.78 Å². The van der Waals surface area contributed by atoms with Crippen molar-refractivity contribution in [1.29, 1.82) is 0 Å². The van der Waals surface area contributed by atoms with E-state index in [4.69, 9.17) is 5.73 Å². The first-order chi connectivity index (χ1) is 8.13. The summed E-state index contributed by atoms with van der Waals surface area (Å²) in [6.45, 7) is 0.462. The second-order valence-corrected chi connectivity index (χ2v) is 3.67. The van der Waals surface area contributed by atoms with Gasteiger partial charge in [-0.2, -0.15) is 0 Å². The summed E-state index contributed by atoms with van der Waals surface area (Å²) in [5.41, 5.74) is 5.92. The Hall–Kier alpha value is -1.82. The monoisotopic (exact) mass is 238 g/mol. The van der Waals surface area contributed by atoms with Crippen LogP contribution in [0.3, 0.4) is 0 Å². The fraction of sp³-hybridized carbons (Fsp3) is 0.273. The van der Waals surface area contributed by atoms with E-state index in [0.717, 1.165) is 12.1 Å². The normalized spacial score (nSPS) is 10.8. The van der Waals surface area contributed by atoms with Gasteiger partial charge in [0.2, 0.25) is 0 Å². The fourth-order valence-electron chi connectivity index (χ4n) is 1.59. The van der Waals surface area contributed by atoms with Crippen LogP contribution in [-0.2, 0) is 13.5 Å². The predicted octanol–water partition coefficient (Wildman–Crippen LogP) is 1.26. The number of halogens is 2. The maximum atomic E-state index is 13.1. The number of benzene rings is 1. The average Bonchev–Trinajstić information content (AvgIpc) is 2.66. The minimum atomic E-state index is -0.897. The zero-order chi connectivity index (χ0) is 12.4. The Labute approximate surface area is 97.1 Å². The largest absolute Gasteiger partial charge is 0.330 e. The highest BCUT2D eigenvalue weighted by molar-refractivity contribution is 5.55. The molecule has 0 saturated heterocycles. The average molecular weight is 238 g/mol. The van der Waals surface area contributed by atoms with Gasteiger partial charge in [-0.3, -0.25) is 0 Å². The van der Waals surface area contributed by atoms with Crippen LogP contribution in [-0.4, -0.2) is 21.3 Å². The topological polar surface area (TPSA) is 56.7 Å². The molecule has 2 N–H and O–H groups in total. The predicted molar refractivity (Wildman–Crippen MR) is 59.1 cm³/mol. The lowest BCUT2D eigenvalue weighted by Gasteiger charge is -2.03. The van der Waals surface area contributed by atoms with E-state index < -0.39 is 11.6 Å². The third-order valence-corrected chi connectivity index (χ3v) is 2.51. The van der Waals surface area contributed by atoms with Crippen LogP contribution in [0.5, 0.6) is 0 Å². The van der Waals surface area contributed by atoms with Crippen molar-refractivity contribution in [1.82, 2.24) is 14.8 Å². The summed E-state index contributed by atoms with van der Waals surface area (Å²) in [6.07, 6.45) is 0.590. The third-order valence-electron chi connectivity index (χ3n) is 2.51. The molecule has 0 fully saturated rings. The van der Waals surface area contributed by atoms with Crippen molar-refractivity contribution in [2.24, 2.45) is 12.8 Å². The summed E-state index contributed by atoms with van der Waals surface area (Å²) < 4.78 is 27.6. The van der Waals surface area contributed by atoms with Crippen LogP contribution in [0.2, 0.25) is 0 Å². The summed E-state index contributed by atoms with van der Waals surface area (Å²) >= 11 is 0. The van der Waals surface area contributed by atoms with Crippen LogP contribution in [0.1, 0.15) is 5.82 Å². The molecule has 0 saturated carbocycles. The molecule has 1 aromatic heterocycles. The maximum Gasteiger partial charge on any atom is 0.163 e. The smallest absolute Gasteiger partial charge is 0.163 e. The molecule has 6 heteroatoms. The Morgan fingerprint density at radius 2 is 2.00 bits per heavy atom. The molecule has 2 rings (SSSR count). The highest BCUT2D eigenvalue weighted by Gasteiger charge is 2.12. The Morgan fingerprint density at radius 1 is 1.24 bits per heavy atom. The van der Waals surface area contributed by atoms with Crippen LogP contribution in [0.25, 0.3) is 11.4 Å². The highest BCUT2D eigenvalue weighted by Crippen LogP contribution is 2.19. The fourth-order valence-corrected chi connectivity index (χ4v) is 1.59. The molecule has 4 nitrogen and oxygen atoms in total. The number of nitrogens with zero attached hydrogens (tertiary/aromatic N) is 3. The first-order valence-electron chi connectivity index (χ1n) is 5.17. The van der Waals surface area contributed by atoms with Gasteiger partial charge in [0.05, 0.1) is 0 Å². The molecule has 2 aromatic rings. The molecule has 0 spiro atoms. The van der Waals surface area contributed by atoms with Gasteiger partial charge in [-0.25, -0.2) is 8.78 Å². The van der Waals surface area contributed by atoms with Gasteiger partial charge in [-0.15, -0.1) is 10.2 Å². The zero-order valence-electron chi connectivity index (χ0n) is 9.32. The molecule has 1 aromatic carbocycles. The SMILES string of the molecule is Cn1c(CCN)nnc1-c1ccc(F)c(F)c1. The first kappa shape index (κ1) is 11.7. The molecule has 0 aliphatic rings. The minimum Gasteiger partial charge on any atom is -0.330 e. The van der Waals surface area contributed by atoms with E-state index in [2.05, 4.69) is 10.2 Å². The lowest BCUT2D eigenvalue weighted by atomic mass is 10.2. The molecular formula is C11H12F2N4. The second kappa shape index (κ2) is 4.58. The van der Waals surface area contributed by atoms with E-state index in [1.165, 1.54) is 6.07 Å². The Balaban J connectivity index is 2.42. The quantitative estimate of drug-likeness (QED) is 0.875. The van der Waals surface area contributed by atoms with Gasteiger partial charge in [0.15, 0.2) is 17.5 Å². The molecule has 0 bridgehead atoms. The van der Waals surface area contributed by atoms with Crippen LogP contribution in [0.15, 0.2) is 18.2 Å². The highest BCUT2D eigenvalue weighted by atomic mass is 19.2. The van der Waals surface area contributed by atoms with Gasteiger partial charge in [-0.1, -0.05) is 0 Å². The van der Waals surface area contributed by atoms with Crippen molar-refractivity contribution in [2.75, 3.05) is 6.54 Å². The lowest BCUT2D eigenvalue weighted by molar-refractivity contribution is 0.509. The van der Waals surface area contributed by atoms with Gasteiger partial charge in [0.1, 0.15) is 5.82 Å². The molecule has 0 unspecified atom stereocenters. The van der Waals surface area contributed by atoms with E-state index in [-0.39, 0.29) is 0 Å². The lowest BCUT2D eigenvalue weighted by Crippen LogP contribution is -2.08. The number of nitrogens with two attached hydrogens (primary N) is 1. The van der Waals surface area contributed by atoms with Crippen LogP contribution < -0.4 is 5.73 Å². The molecule has 0 aliphatic carbocycles. The summed E-state index contributed by atoms with van der Waals surface area (Å²) in [7, 11) is 1.77. The summed E-state index contributed by atoms with van der Waals surface area (Å²) in [6, 6.07) is 3.64. The van der Waals surface area contributed by atoms with Crippen molar-refractivity contribution in [3.8, 4) is 11.4 Å². The third kappa shape index (κ3) is 2.16. The summed E-state index contributed by atoms with van der Waals surface area (Å²) in [4.78, 5) is 0. The van der Waals surface area contributed by atoms with E-state index in [1.807, 2.05) is 0 Å². The number of aromatic nitrogens is 3. The Bertz CT molecular complexity index is 536. The molecule has 90 valence electrons. The molecule has 0 radical (unpaired) electrons. The van der Waals surface area contributed by atoms with Gasteiger partial charge in [0, 0.05) is 19.0 Å². The summed E-state index contributed by atoms with van der Waals surface area (Å²) in [5.74, 6) is -0.566. The minimum absolute atomic E-state index is 0.462. The van der Waals surface area contributed by atoms with E-state index in [0.29, 0.717) is 30.2 Å². The number of hydrogen-bond donors (Lipinski definition) is 1. The maximum absolute atomic E-state index is 13.1. The Morgan fingerprint density at radius 3 is 2.65 bits per heavy atom. The van der Waals surface area contributed by atoms with Crippen molar-refractivity contribution in [3.63, 3.8) is 0 Å². The van der Waals surface area contributed by atoms with Crippen LogP contribution >= 0.6 is 0 Å². The van der Waals surface area contributed by atoms with Gasteiger partial charge < -0.3 is 10.3 Å². The summed E-state index contributed by atoms with van der Waals surface area (Å²) in [5, 5.41) is 7.89. The second-order valence-electron chi connectivity index (χ2n) is 3.67. The van der Waals surface area contributed by atoms with E-state index in [9.17, 15) is 8.78 Å². The van der Waals surface area contributed by atoms with E-state index in [1.54, 1.807) is 11.6 Å². The standard InChI is InChI=1S/C11H12F2N4/c1-17-10(4-5-14)15-16-11(17)7-2-3-8(12)9(13)6-7/h2-3,6H,4-5,14H2,1H3.